The zero-order valence-corrected chi connectivity index (χ0v) is 20.4. The fraction of sp³-hybridized carbons (Fsp3) is 0.148. The molecule has 6 rings (SSSR count). The number of hydrogen-bond acceptors (Lipinski definition) is 5. The fourth-order valence-electron chi connectivity index (χ4n) is 4.46. The minimum atomic E-state index is -4.46. The highest BCUT2D eigenvalue weighted by Crippen LogP contribution is 2.33. The van der Waals surface area contributed by atoms with Gasteiger partial charge in [0.2, 0.25) is 5.95 Å². The second kappa shape index (κ2) is 9.21. The van der Waals surface area contributed by atoms with Crippen LogP contribution >= 0.6 is 11.6 Å². The van der Waals surface area contributed by atoms with Crippen molar-refractivity contribution in [3.05, 3.63) is 105 Å². The van der Waals surface area contributed by atoms with Crippen LogP contribution in [0.4, 0.5) is 19.1 Å². The van der Waals surface area contributed by atoms with Crippen LogP contribution < -0.4 is 15.2 Å². The monoisotopic (exact) mass is 537 g/mol. The summed E-state index contributed by atoms with van der Waals surface area (Å²) in [6.07, 6.45) is -4.05. The average molecular weight is 538 g/mol. The molecule has 0 fully saturated rings. The molecule has 0 saturated carbocycles. The molecule has 1 aliphatic heterocycles. The van der Waals surface area contributed by atoms with Gasteiger partial charge in [-0.3, -0.25) is 4.79 Å². The molecule has 0 amide bonds. The smallest absolute Gasteiger partial charge is 0.416 e. The number of benzene rings is 3. The molecule has 2 aromatic heterocycles. The number of aromatic amines is 1. The molecular weight excluding hydrogens is 519 g/mol. The number of nitrogens with zero attached hydrogens (tertiary/aromatic N) is 4. The van der Waals surface area contributed by atoms with Gasteiger partial charge in [-0.1, -0.05) is 41.9 Å². The van der Waals surface area contributed by atoms with Crippen molar-refractivity contribution in [3.8, 4) is 17.4 Å². The van der Waals surface area contributed by atoms with Gasteiger partial charge < -0.3 is 14.6 Å². The quantitative estimate of drug-likeness (QED) is 0.298. The van der Waals surface area contributed by atoms with Crippen molar-refractivity contribution < 1.29 is 17.9 Å². The van der Waals surface area contributed by atoms with Gasteiger partial charge in [0.1, 0.15) is 5.75 Å². The summed E-state index contributed by atoms with van der Waals surface area (Å²) in [6, 6.07) is 19.4. The van der Waals surface area contributed by atoms with Crippen molar-refractivity contribution in [1.82, 2.24) is 19.5 Å². The topological polar surface area (TPSA) is 76.0 Å². The van der Waals surface area contributed by atoms with Gasteiger partial charge in [-0.05, 0) is 42.5 Å². The summed E-state index contributed by atoms with van der Waals surface area (Å²) >= 11 is 6.29. The molecule has 1 N–H and O–H groups in total. The van der Waals surface area contributed by atoms with E-state index in [-0.39, 0.29) is 23.6 Å². The number of fused-ring (bicyclic) bond motifs is 2. The zero-order chi connectivity index (χ0) is 26.4. The SMILES string of the molecule is O=c1c2c(nc(Oc3ccccc3Cl)n1-c1ccccc1)CCN(c1nc3ccc(C(F)(F)F)cc3[nH]1)C2. The number of anilines is 1. The molecule has 5 aromatic rings. The van der Waals surface area contributed by atoms with E-state index < -0.39 is 11.7 Å². The number of ether oxygens (including phenoxy) is 1. The van der Waals surface area contributed by atoms with E-state index in [0.717, 1.165) is 12.1 Å². The summed E-state index contributed by atoms with van der Waals surface area (Å²) in [5.74, 6) is 0.746. The van der Waals surface area contributed by atoms with Crippen LogP contribution in [0, 0.1) is 0 Å². The van der Waals surface area contributed by atoms with Crippen molar-refractivity contribution in [2.24, 2.45) is 0 Å². The molecule has 1 aliphatic rings. The summed E-state index contributed by atoms with van der Waals surface area (Å²) in [7, 11) is 0. The van der Waals surface area contributed by atoms with Crippen molar-refractivity contribution in [2.45, 2.75) is 19.1 Å². The van der Waals surface area contributed by atoms with Gasteiger partial charge in [0.25, 0.3) is 5.56 Å². The average Bonchev–Trinajstić information content (AvgIpc) is 3.34. The second-order valence-electron chi connectivity index (χ2n) is 8.79. The lowest BCUT2D eigenvalue weighted by atomic mass is 10.1. The number of aromatic nitrogens is 4. The second-order valence-corrected chi connectivity index (χ2v) is 9.20. The molecule has 0 aliphatic carbocycles. The lowest BCUT2D eigenvalue weighted by Crippen LogP contribution is -2.38. The standard InChI is InChI=1S/C27H19ClF3N5O2/c28-19-8-4-5-9-23(19)38-26-34-20-12-13-35(15-18(20)24(37)36(26)17-6-2-1-3-7-17)25-32-21-11-10-16(27(29,30)31)14-22(21)33-25/h1-11,14H,12-13,15H2,(H,32,33). The Labute approximate surface area is 219 Å². The highest BCUT2D eigenvalue weighted by Gasteiger charge is 2.31. The lowest BCUT2D eigenvalue weighted by Gasteiger charge is -2.28. The predicted molar refractivity (Wildman–Crippen MR) is 137 cm³/mol. The Morgan fingerprint density at radius 3 is 2.50 bits per heavy atom. The highest BCUT2D eigenvalue weighted by atomic mass is 35.5. The zero-order valence-electron chi connectivity index (χ0n) is 19.7. The first kappa shape index (κ1) is 24.1. The predicted octanol–water partition coefficient (Wildman–Crippen LogP) is 6.14. The van der Waals surface area contributed by atoms with E-state index in [1.54, 1.807) is 48.5 Å². The number of nitrogens with one attached hydrogen (secondary N) is 1. The third-order valence-electron chi connectivity index (χ3n) is 6.35. The number of rotatable bonds is 4. The van der Waals surface area contributed by atoms with Crippen LogP contribution in [0.15, 0.2) is 77.6 Å². The largest absolute Gasteiger partial charge is 0.424 e. The maximum atomic E-state index is 13.8. The van der Waals surface area contributed by atoms with Crippen molar-refractivity contribution in [2.75, 3.05) is 11.4 Å². The number of H-pyrrole nitrogens is 1. The molecule has 0 unspecified atom stereocenters. The fourth-order valence-corrected chi connectivity index (χ4v) is 4.63. The van der Waals surface area contributed by atoms with Gasteiger partial charge in [0.05, 0.1) is 45.1 Å². The van der Waals surface area contributed by atoms with Crippen LogP contribution in [0.25, 0.3) is 16.7 Å². The Balaban J connectivity index is 1.40. The van der Waals surface area contributed by atoms with Crippen molar-refractivity contribution >= 4 is 28.6 Å². The number of para-hydroxylation sites is 2. The van der Waals surface area contributed by atoms with E-state index in [0.29, 0.717) is 52.1 Å². The van der Waals surface area contributed by atoms with Gasteiger partial charge in [-0.15, -0.1) is 0 Å². The Hall–Kier alpha value is -4.31. The number of alkyl halides is 3. The molecule has 0 bridgehead atoms. The molecule has 3 heterocycles. The van der Waals surface area contributed by atoms with E-state index in [4.69, 9.17) is 21.3 Å². The first-order valence-electron chi connectivity index (χ1n) is 11.7. The maximum Gasteiger partial charge on any atom is 0.416 e. The highest BCUT2D eigenvalue weighted by molar-refractivity contribution is 6.32. The summed E-state index contributed by atoms with van der Waals surface area (Å²) < 4.78 is 46.9. The molecule has 11 heteroatoms. The third kappa shape index (κ3) is 4.37. The van der Waals surface area contributed by atoms with E-state index in [9.17, 15) is 18.0 Å². The van der Waals surface area contributed by atoms with Crippen molar-refractivity contribution in [1.29, 1.82) is 0 Å². The Morgan fingerprint density at radius 2 is 1.74 bits per heavy atom. The number of hydrogen-bond donors (Lipinski definition) is 1. The van der Waals surface area contributed by atoms with Gasteiger partial charge in [-0.25, -0.2) is 14.5 Å². The van der Waals surface area contributed by atoms with Crippen LogP contribution in [-0.4, -0.2) is 26.1 Å². The Kier molecular flexibility index (Phi) is 5.83. The van der Waals surface area contributed by atoms with E-state index in [2.05, 4.69) is 9.97 Å². The summed E-state index contributed by atoms with van der Waals surface area (Å²) in [5.41, 5.74) is 1.19. The lowest BCUT2D eigenvalue weighted by molar-refractivity contribution is -0.137. The van der Waals surface area contributed by atoms with E-state index in [1.165, 1.54) is 10.6 Å². The molecular formula is C27H19ClF3N5O2. The van der Waals surface area contributed by atoms with E-state index >= 15 is 0 Å². The summed E-state index contributed by atoms with van der Waals surface area (Å²) in [4.78, 5) is 27.8. The van der Waals surface area contributed by atoms with Crippen LogP contribution in [0.3, 0.4) is 0 Å². The van der Waals surface area contributed by atoms with Crippen molar-refractivity contribution in [3.63, 3.8) is 0 Å². The minimum absolute atomic E-state index is 0.0879. The normalized spacial score (nSPS) is 13.5. The van der Waals surface area contributed by atoms with Gasteiger partial charge in [0, 0.05) is 13.0 Å². The van der Waals surface area contributed by atoms with E-state index in [1.807, 2.05) is 11.0 Å². The van der Waals surface area contributed by atoms with Gasteiger partial charge in [0.15, 0.2) is 0 Å². The molecule has 0 atom stereocenters. The summed E-state index contributed by atoms with van der Waals surface area (Å²) in [6.45, 7) is 0.624. The van der Waals surface area contributed by atoms with Gasteiger partial charge in [-0.2, -0.15) is 13.2 Å². The molecule has 0 spiro atoms. The first-order chi connectivity index (χ1) is 18.3. The van der Waals surface area contributed by atoms with Crippen LogP contribution in [-0.2, 0) is 19.1 Å². The minimum Gasteiger partial charge on any atom is -0.424 e. The van der Waals surface area contributed by atoms with Crippen LogP contribution in [0.5, 0.6) is 11.8 Å². The third-order valence-corrected chi connectivity index (χ3v) is 6.66. The Morgan fingerprint density at radius 1 is 0.974 bits per heavy atom. The molecule has 192 valence electrons. The maximum absolute atomic E-state index is 13.8. The molecule has 7 nitrogen and oxygen atoms in total. The molecule has 0 radical (unpaired) electrons. The molecule has 38 heavy (non-hydrogen) atoms. The van der Waals surface area contributed by atoms with Crippen LogP contribution in [0.1, 0.15) is 16.8 Å². The summed E-state index contributed by atoms with van der Waals surface area (Å²) in [5, 5.41) is 0.379. The van der Waals surface area contributed by atoms with Gasteiger partial charge >= 0.3 is 12.2 Å². The van der Waals surface area contributed by atoms with Crippen LogP contribution in [0.2, 0.25) is 5.02 Å². The molecule has 3 aromatic carbocycles. The molecule has 0 saturated heterocycles. The first-order valence-corrected chi connectivity index (χ1v) is 12.1. The Bertz CT molecular complexity index is 1720. The number of halogens is 4. The number of imidazole rings is 1.